The van der Waals surface area contributed by atoms with E-state index in [9.17, 15) is 0 Å². The van der Waals surface area contributed by atoms with Gasteiger partial charge in [-0.2, -0.15) is 0 Å². The molecule has 1 heterocycles. The van der Waals surface area contributed by atoms with E-state index >= 15 is 0 Å². The molecule has 0 aliphatic rings. The van der Waals surface area contributed by atoms with Crippen molar-refractivity contribution in [3.05, 3.63) is 45.3 Å². The summed E-state index contributed by atoms with van der Waals surface area (Å²) in [6.07, 6.45) is 1.38. The second-order valence-electron chi connectivity index (χ2n) is 3.63. The van der Waals surface area contributed by atoms with E-state index in [0.29, 0.717) is 16.8 Å². The van der Waals surface area contributed by atoms with Gasteiger partial charge in [0.1, 0.15) is 17.2 Å². The van der Waals surface area contributed by atoms with Gasteiger partial charge in [0.15, 0.2) is 0 Å². The van der Waals surface area contributed by atoms with Crippen LogP contribution in [0, 0.1) is 13.8 Å². The molecule has 2 aromatic rings. The minimum atomic E-state index is 0.401. The van der Waals surface area contributed by atoms with Gasteiger partial charge < -0.3 is 4.74 Å². The van der Waals surface area contributed by atoms with Crippen LogP contribution in [0.5, 0.6) is 11.6 Å². The van der Waals surface area contributed by atoms with E-state index in [0.717, 1.165) is 15.6 Å². The first kappa shape index (κ1) is 12.3. The maximum absolute atomic E-state index is 5.90. The van der Waals surface area contributed by atoms with Gasteiger partial charge in [0, 0.05) is 5.56 Å². The lowest BCUT2D eigenvalue weighted by molar-refractivity contribution is 0.454. The normalized spacial score (nSPS) is 10.4. The highest BCUT2D eigenvalue weighted by molar-refractivity contribution is 9.10. The van der Waals surface area contributed by atoms with Crippen molar-refractivity contribution in [1.82, 2.24) is 9.97 Å². The molecule has 0 saturated heterocycles. The van der Waals surface area contributed by atoms with Crippen LogP contribution in [-0.2, 0) is 0 Å². The molecule has 5 heteroatoms. The van der Waals surface area contributed by atoms with E-state index in [1.54, 1.807) is 0 Å². The van der Waals surface area contributed by atoms with E-state index in [4.69, 9.17) is 16.3 Å². The van der Waals surface area contributed by atoms with Crippen molar-refractivity contribution in [2.24, 2.45) is 0 Å². The summed E-state index contributed by atoms with van der Waals surface area (Å²) in [4.78, 5) is 7.94. The molecule has 17 heavy (non-hydrogen) atoms. The van der Waals surface area contributed by atoms with Crippen molar-refractivity contribution >= 4 is 27.5 Å². The minimum Gasteiger partial charge on any atom is -0.437 e. The van der Waals surface area contributed by atoms with Gasteiger partial charge in [0.05, 0.1) is 4.47 Å². The summed E-state index contributed by atoms with van der Waals surface area (Å²) in [5.74, 6) is 1.17. The van der Waals surface area contributed by atoms with Gasteiger partial charge in [0.2, 0.25) is 5.88 Å². The predicted molar refractivity (Wildman–Crippen MR) is 70.7 cm³/mol. The van der Waals surface area contributed by atoms with Crippen LogP contribution in [0.15, 0.2) is 29.0 Å². The molecule has 3 nitrogen and oxygen atoms in total. The number of ether oxygens (including phenoxy) is 1. The predicted octanol–water partition coefficient (Wildman–Crippen LogP) is 4.30. The third-order valence-corrected chi connectivity index (χ3v) is 3.27. The van der Waals surface area contributed by atoms with Crippen molar-refractivity contribution in [3.8, 4) is 11.6 Å². The second-order valence-corrected chi connectivity index (χ2v) is 4.84. The first-order chi connectivity index (χ1) is 8.08. The smallest absolute Gasteiger partial charge is 0.226 e. The minimum absolute atomic E-state index is 0.401. The molecule has 0 saturated carbocycles. The monoisotopic (exact) mass is 312 g/mol. The van der Waals surface area contributed by atoms with Crippen LogP contribution in [0.2, 0.25) is 5.15 Å². The van der Waals surface area contributed by atoms with Crippen LogP contribution in [-0.4, -0.2) is 9.97 Å². The Balaban J connectivity index is 2.35. The van der Waals surface area contributed by atoms with Crippen LogP contribution in [0.1, 0.15) is 11.1 Å². The molecule has 0 fully saturated rings. The standard InChI is InChI=1S/C12H10BrClN2O/c1-7-3-4-10(9(13)5-7)17-12-8(2)11(14)15-6-16-12/h3-6H,1-2H3. The second kappa shape index (κ2) is 5.02. The number of aromatic nitrogens is 2. The van der Waals surface area contributed by atoms with Crippen LogP contribution in [0.3, 0.4) is 0 Å². The first-order valence-electron chi connectivity index (χ1n) is 4.99. The number of hydrogen-bond acceptors (Lipinski definition) is 3. The van der Waals surface area contributed by atoms with Gasteiger partial charge in [0.25, 0.3) is 0 Å². The third kappa shape index (κ3) is 2.76. The molecular formula is C12H10BrClN2O. The number of rotatable bonds is 2. The number of nitrogens with zero attached hydrogens (tertiary/aromatic N) is 2. The molecule has 0 N–H and O–H groups in total. The molecule has 0 bridgehead atoms. The molecule has 0 spiro atoms. The summed E-state index contributed by atoms with van der Waals surface area (Å²) in [7, 11) is 0. The quantitative estimate of drug-likeness (QED) is 0.775. The first-order valence-corrected chi connectivity index (χ1v) is 6.16. The van der Waals surface area contributed by atoms with Crippen LogP contribution < -0.4 is 4.74 Å². The van der Waals surface area contributed by atoms with Gasteiger partial charge in [-0.15, -0.1) is 0 Å². The number of halogens is 2. The summed E-state index contributed by atoms with van der Waals surface area (Å²) >= 11 is 9.35. The lowest BCUT2D eigenvalue weighted by atomic mass is 10.2. The summed E-state index contributed by atoms with van der Waals surface area (Å²) in [5.41, 5.74) is 1.88. The fourth-order valence-corrected chi connectivity index (χ4v) is 2.01. The van der Waals surface area contributed by atoms with Crippen LogP contribution in [0.4, 0.5) is 0 Å². The SMILES string of the molecule is Cc1ccc(Oc2ncnc(Cl)c2C)c(Br)c1. The molecule has 0 radical (unpaired) electrons. The molecule has 0 unspecified atom stereocenters. The lowest BCUT2D eigenvalue weighted by Crippen LogP contribution is -1.94. The molecule has 0 aliphatic heterocycles. The van der Waals surface area contributed by atoms with E-state index < -0.39 is 0 Å². The molecule has 1 aromatic carbocycles. The average molecular weight is 314 g/mol. The highest BCUT2D eigenvalue weighted by atomic mass is 79.9. The number of hydrogen-bond donors (Lipinski definition) is 0. The van der Waals surface area contributed by atoms with E-state index in [2.05, 4.69) is 25.9 Å². The largest absolute Gasteiger partial charge is 0.437 e. The fourth-order valence-electron chi connectivity index (χ4n) is 1.31. The van der Waals surface area contributed by atoms with Crippen molar-refractivity contribution in [2.45, 2.75) is 13.8 Å². The van der Waals surface area contributed by atoms with Crippen molar-refractivity contribution in [1.29, 1.82) is 0 Å². The highest BCUT2D eigenvalue weighted by Gasteiger charge is 2.09. The Kier molecular flexibility index (Phi) is 3.64. The Bertz CT molecular complexity index is 560. The van der Waals surface area contributed by atoms with Gasteiger partial charge in [-0.25, -0.2) is 9.97 Å². The van der Waals surface area contributed by atoms with Crippen LogP contribution in [0.25, 0.3) is 0 Å². The summed E-state index contributed by atoms with van der Waals surface area (Å²) in [5, 5.41) is 0.401. The van der Waals surface area contributed by atoms with Crippen LogP contribution >= 0.6 is 27.5 Å². The Hall–Kier alpha value is -1.13. The highest BCUT2D eigenvalue weighted by Crippen LogP contribution is 2.31. The Morgan fingerprint density at radius 2 is 2.00 bits per heavy atom. The zero-order valence-corrected chi connectivity index (χ0v) is 11.7. The molecule has 0 aliphatic carbocycles. The molecular weight excluding hydrogens is 304 g/mol. The van der Waals surface area contributed by atoms with Gasteiger partial charge in [-0.05, 0) is 47.5 Å². The maximum Gasteiger partial charge on any atom is 0.226 e. The topological polar surface area (TPSA) is 35.0 Å². The lowest BCUT2D eigenvalue weighted by Gasteiger charge is -2.09. The number of benzene rings is 1. The Morgan fingerprint density at radius 1 is 1.24 bits per heavy atom. The molecule has 88 valence electrons. The van der Waals surface area contributed by atoms with Crippen molar-refractivity contribution in [2.75, 3.05) is 0 Å². The maximum atomic E-state index is 5.90. The third-order valence-electron chi connectivity index (χ3n) is 2.27. The van der Waals surface area contributed by atoms with Gasteiger partial charge in [-0.3, -0.25) is 0 Å². The van der Waals surface area contributed by atoms with Crippen molar-refractivity contribution < 1.29 is 4.74 Å². The van der Waals surface area contributed by atoms with E-state index in [1.807, 2.05) is 32.0 Å². The van der Waals surface area contributed by atoms with Crippen molar-refractivity contribution in [3.63, 3.8) is 0 Å². The summed E-state index contributed by atoms with van der Waals surface area (Å²) < 4.78 is 6.57. The molecule has 0 atom stereocenters. The fraction of sp³-hybridized carbons (Fsp3) is 0.167. The van der Waals surface area contributed by atoms with E-state index in [-0.39, 0.29) is 0 Å². The average Bonchev–Trinajstić information content (AvgIpc) is 2.28. The molecule has 1 aromatic heterocycles. The molecule has 0 amide bonds. The Labute approximate surface area is 113 Å². The Morgan fingerprint density at radius 3 is 2.71 bits per heavy atom. The van der Waals surface area contributed by atoms with E-state index in [1.165, 1.54) is 6.33 Å². The summed E-state index contributed by atoms with van der Waals surface area (Å²) in [6.45, 7) is 3.83. The zero-order valence-electron chi connectivity index (χ0n) is 9.37. The summed E-state index contributed by atoms with van der Waals surface area (Å²) in [6, 6.07) is 5.83. The number of aryl methyl sites for hydroxylation is 1. The van der Waals surface area contributed by atoms with Gasteiger partial charge >= 0.3 is 0 Å². The zero-order chi connectivity index (χ0) is 12.4. The van der Waals surface area contributed by atoms with Gasteiger partial charge in [-0.1, -0.05) is 17.7 Å². The molecule has 2 rings (SSSR count).